The molecule has 0 radical (unpaired) electrons. The van der Waals surface area contributed by atoms with Crippen molar-refractivity contribution >= 4 is 22.6 Å². The standard InChI is InChI=1S/C16H16INO2/c1-11-8-16(19)18(10-14(11)17)6-4-12-2-3-15-13(9-12)5-7-20-15/h2-3,8-10H,4-7H2,1H3. The SMILES string of the molecule is Cc1cc(=O)n(CCc2ccc3c(c2)CCO3)cc1I. The molecule has 0 spiro atoms. The van der Waals surface area contributed by atoms with Crippen molar-refractivity contribution in [1.29, 1.82) is 0 Å². The van der Waals surface area contributed by atoms with Crippen LogP contribution in [0.4, 0.5) is 0 Å². The highest BCUT2D eigenvalue weighted by Gasteiger charge is 2.12. The number of aromatic nitrogens is 1. The molecule has 2 aromatic rings. The van der Waals surface area contributed by atoms with Crippen LogP contribution in [0.2, 0.25) is 0 Å². The first kappa shape index (κ1) is 13.7. The predicted octanol–water partition coefficient (Wildman–Crippen LogP) is 2.94. The summed E-state index contributed by atoms with van der Waals surface area (Å²) in [5.41, 5.74) is 3.67. The molecule has 1 aromatic heterocycles. The number of aryl methyl sites for hydroxylation is 3. The zero-order valence-electron chi connectivity index (χ0n) is 11.4. The van der Waals surface area contributed by atoms with Crippen LogP contribution >= 0.6 is 22.6 Å². The van der Waals surface area contributed by atoms with Crippen molar-refractivity contribution in [3.05, 3.63) is 61.1 Å². The second-order valence-electron chi connectivity index (χ2n) is 5.13. The van der Waals surface area contributed by atoms with Crippen LogP contribution in [-0.2, 0) is 19.4 Å². The van der Waals surface area contributed by atoms with Gasteiger partial charge in [0.25, 0.3) is 5.56 Å². The summed E-state index contributed by atoms with van der Waals surface area (Å²) in [4.78, 5) is 11.9. The Morgan fingerprint density at radius 2 is 2.20 bits per heavy atom. The van der Waals surface area contributed by atoms with Crippen LogP contribution in [0.3, 0.4) is 0 Å². The summed E-state index contributed by atoms with van der Waals surface area (Å²) in [6, 6.07) is 8.04. The maximum absolute atomic E-state index is 11.9. The Kier molecular flexibility index (Phi) is 3.83. The van der Waals surface area contributed by atoms with E-state index in [4.69, 9.17) is 4.74 Å². The van der Waals surface area contributed by atoms with Gasteiger partial charge in [-0.2, -0.15) is 0 Å². The van der Waals surface area contributed by atoms with Crippen molar-refractivity contribution in [3.63, 3.8) is 0 Å². The van der Waals surface area contributed by atoms with E-state index in [0.717, 1.165) is 40.9 Å². The van der Waals surface area contributed by atoms with Gasteiger partial charge in [0.05, 0.1) is 6.61 Å². The summed E-state index contributed by atoms with van der Waals surface area (Å²) in [5, 5.41) is 0. The number of hydrogen-bond acceptors (Lipinski definition) is 2. The summed E-state index contributed by atoms with van der Waals surface area (Å²) in [5.74, 6) is 1.01. The first-order valence-corrected chi connectivity index (χ1v) is 7.82. The number of pyridine rings is 1. The third-order valence-electron chi connectivity index (χ3n) is 3.66. The highest BCUT2D eigenvalue weighted by molar-refractivity contribution is 14.1. The van der Waals surface area contributed by atoms with E-state index in [2.05, 4.69) is 34.7 Å². The molecule has 4 heteroatoms. The average Bonchev–Trinajstić information content (AvgIpc) is 2.89. The van der Waals surface area contributed by atoms with Gasteiger partial charge in [-0.1, -0.05) is 12.1 Å². The first-order chi connectivity index (χ1) is 9.63. The second kappa shape index (κ2) is 5.60. The van der Waals surface area contributed by atoms with E-state index in [0.29, 0.717) is 0 Å². The molecule has 0 saturated carbocycles. The highest BCUT2D eigenvalue weighted by Crippen LogP contribution is 2.26. The third-order valence-corrected chi connectivity index (χ3v) is 4.79. The Morgan fingerprint density at radius 3 is 3.05 bits per heavy atom. The number of fused-ring (bicyclic) bond motifs is 1. The number of hydrogen-bond donors (Lipinski definition) is 0. The first-order valence-electron chi connectivity index (χ1n) is 6.75. The molecule has 2 heterocycles. The summed E-state index contributed by atoms with van der Waals surface area (Å²) < 4.78 is 8.43. The molecule has 1 aromatic carbocycles. The lowest BCUT2D eigenvalue weighted by Crippen LogP contribution is -2.21. The Bertz CT molecular complexity index is 706. The monoisotopic (exact) mass is 381 g/mol. The van der Waals surface area contributed by atoms with Crippen molar-refractivity contribution in [2.75, 3.05) is 6.61 Å². The highest BCUT2D eigenvalue weighted by atomic mass is 127. The minimum absolute atomic E-state index is 0.0763. The fourth-order valence-electron chi connectivity index (χ4n) is 2.46. The minimum Gasteiger partial charge on any atom is -0.493 e. The molecular formula is C16H16INO2. The lowest BCUT2D eigenvalue weighted by Gasteiger charge is -2.08. The van der Waals surface area contributed by atoms with E-state index in [1.807, 2.05) is 19.2 Å². The van der Waals surface area contributed by atoms with Crippen LogP contribution in [0.15, 0.2) is 35.3 Å². The van der Waals surface area contributed by atoms with Crippen molar-refractivity contribution in [3.8, 4) is 5.75 Å². The Hall–Kier alpha value is -1.30. The van der Waals surface area contributed by atoms with Crippen molar-refractivity contribution in [2.24, 2.45) is 0 Å². The fraction of sp³-hybridized carbons (Fsp3) is 0.312. The molecule has 0 amide bonds. The molecule has 1 aliphatic rings. The minimum atomic E-state index is 0.0763. The molecule has 104 valence electrons. The van der Waals surface area contributed by atoms with E-state index in [1.165, 1.54) is 11.1 Å². The average molecular weight is 381 g/mol. The molecule has 3 nitrogen and oxygen atoms in total. The van der Waals surface area contributed by atoms with Gasteiger partial charge in [0.15, 0.2) is 0 Å². The zero-order valence-corrected chi connectivity index (χ0v) is 13.5. The maximum Gasteiger partial charge on any atom is 0.250 e. The van der Waals surface area contributed by atoms with Gasteiger partial charge in [0.2, 0.25) is 0 Å². The van der Waals surface area contributed by atoms with E-state index in [1.54, 1.807) is 10.6 Å². The van der Waals surface area contributed by atoms with Crippen molar-refractivity contribution < 1.29 is 4.74 Å². The maximum atomic E-state index is 11.9. The lowest BCUT2D eigenvalue weighted by molar-refractivity contribution is 0.357. The topological polar surface area (TPSA) is 31.2 Å². The van der Waals surface area contributed by atoms with Gasteiger partial charge in [-0.15, -0.1) is 0 Å². The molecule has 1 aliphatic heterocycles. The van der Waals surface area contributed by atoms with Gasteiger partial charge in [0, 0.05) is 28.8 Å². The smallest absolute Gasteiger partial charge is 0.250 e. The number of benzene rings is 1. The normalized spacial score (nSPS) is 13.1. The predicted molar refractivity (Wildman–Crippen MR) is 87.5 cm³/mol. The second-order valence-corrected chi connectivity index (χ2v) is 6.29. The van der Waals surface area contributed by atoms with Gasteiger partial charge in [-0.05, 0) is 58.7 Å². The Morgan fingerprint density at radius 1 is 1.35 bits per heavy atom. The molecule has 20 heavy (non-hydrogen) atoms. The number of halogens is 1. The Labute approximate surface area is 131 Å². The lowest BCUT2D eigenvalue weighted by atomic mass is 10.1. The molecule has 0 fully saturated rings. The van der Waals surface area contributed by atoms with Crippen molar-refractivity contribution in [2.45, 2.75) is 26.3 Å². The largest absolute Gasteiger partial charge is 0.493 e. The third kappa shape index (κ3) is 2.75. The number of ether oxygens (including phenoxy) is 1. The molecule has 0 aliphatic carbocycles. The Balaban J connectivity index is 1.77. The van der Waals surface area contributed by atoms with Crippen LogP contribution < -0.4 is 10.3 Å². The van der Waals surface area contributed by atoms with Gasteiger partial charge in [-0.25, -0.2) is 0 Å². The number of nitrogens with zero attached hydrogens (tertiary/aromatic N) is 1. The molecule has 3 rings (SSSR count). The summed E-state index contributed by atoms with van der Waals surface area (Å²) in [6.07, 6.45) is 3.80. The molecule has 0 unspecified atom stereocenters. The van der Waals surface area contributed by atoms with Crippen LogP contribution in [-0.4, -0.2) is 11.2 Å². The van der Waals surface area contributed by atoms with E-state index in [-0.39, 0.29) is 5.56 Å². The van der Waals surface area contributed by atoms with E-state index in [9.17, 15) is 4.79 Å². The van der Waals surface area contributed by atoms with Crippen LogP contribution in [0, 0.1) is 10.5 Å². The molecule has 0 saturated heterocycles. The molecule has 0 atom stereocenters. The van der Waals surface area contributed by atoms with E-state index >= 15 is 0 Å². The van der Waals surface area contributed by atoms with Crippen LogP contribution in [0.25, 0.3) is 0 Å². The molecule has 0 N–H and O–H groups in total. The number of rotatable bonds is 3. The van der Waals surface area contributed by atoms with Crippen LogP contribution in [0.1, 0.15) is 16.7 Å². The zero-order chi connectivity index (χ0) is 14.1. The molecule has 0 bridgehead atoms. The summed E-state index contributed by atoms with van der Waals surface area (Å²) in [6.45, 7) is 3.47. The van der Waals surface area contributed by atoms with Gasteiger partial charge < -0.3 is 9.30 Å². The molecular weight excluding hydrogens is 365 g/mol. The van der Waals surface area contributed by atoms with Gasteiger partial charge >= 0.3 is 0 Å². The van der Waals surface area contributed by atoms with Crippen LogP contribution in [0.5, 0.6) is 5.75 Å². The van der Waals surface area contributed by atoms with Gasteiger partial charge in [-0.3, -0.25) is 4.79 Å². The van der Waals surface area contributed by atoms with Gasteiger partial charge in [0.1, 0.15) is 5.75 Å². The quantitative estimate of drug-likeness (QED) is 0.766. The van der Waals surface area contributed by atoms with Crippen molar-refractivity contribution in [1.82, 2.24) is 4.57 Å². The summed E-state index contributed by atoms with van der Waals surface area (Å²) in [7, 11) is 0. The van der Waals surface area contributed by atoms with E-state index < -0.39 is 0 Å². The summed E-state index contributed by atoms with van der Waals surface area (Å²) >= 11 is 2.27. The fourth-order valence-corrected chi connectivity index (χ4v) is 2.95.